The van der Waals surface area contributed by atoms with Gasteiger partial charge >= 0.3 is 0 Å². The molecule has 1 saturated heterocycles. The van der Waals surface area contributed by atoms with E-state index in [1.54, 1.807) is 0 Å². The van der Waals surface area contributed by atoms with Crippen LogP contribution in [0.5, 0.6) is 0 Å². The molecule has 1 aromatic rings. The van der Waals surface area contributed by atoms with Crippen LogP contribution in [0.1, 0.15) is 36.3 Å². The van der Waals surface area contributed by atoms with Crippen LogP contribution in [0.3, 0.4) is 0 Å². The van der Waals surface area contributed by atoms with Gasteiger partial charge in [0, 0.05) is 13.1 Å². The Morgan fingerprint density at radius 2 is 2.15 bits per heavy atom. The lowest BCUT2D eigenvalue weighted by Crippen LogP contribution is -2.45. The van der Waals surface area contributed by atoms with E-state index in [2.05, 4.69) is 23.1 Å². The van der Waals surface area contributed by atoms with Crippen LogP contribution >= 0.6 is 12.4 Å². The Balaban J connectivity index is 0.00000147. The van der Waals surface area contributed by atoms with Gasteiger partial charge in [-0.3, -0.25) is 4.79 Å². The predicted molar refractivity (Wildman–Crippen MR) is 83.1 cm³/mol. The minimum absolute atomic E-state index is 0. The topological polar surface area (TPSA) is 46.3 Å². The van der Waals surface area contributed by atoms with Crippen molar-refractivity contribution in [2.45, 2.75) is 31.6 Å². The monoisotopic (exact) mass is 294 g/mol. The molecule has 1 aromatic carbocycles. The fourth-order valence-corrected chi connectivity index (χ4v) is 3.44. The molecule has 0 radical (unpaired) electrons. The van der Waals surface area contributed by atoms with Crippen molar-refractivity contribution in [1.29, 1.82) is 0 Å². The number of carbonyl (C=O) groups is 1. The Morgan fingerprint density at radius 1 is 1.35 bits per heavy atom. The molecule has 110 valence electrons. The zero-order chi connectivity index (χ0) is 13.2. The minimum atomic E-state index is 0. The molecule has 2 N–H and O–H groups in total. The number of piperidine rings is 1. The second-order valence-electron chi connectivity index (χ2n) is 5.83. The molecular formula is C16H23ClN2O. The van der Waals surface area contributed by atoms with Crippen LogP contribution in [-0.2, 0) is 11.2 Å². The van der Waals surface area contributed by atoms with Crippen LogP contribution in [-0.4, -0.2) is 30.4 Å². The summed E-state index contributed by atoms with van der Waals surface area (Å²) < 4.78 is 0. The van der Waals surface area contributed by atoms with E-state index in [1.807, 2.05) is 6.07 Å². The first-order valence-corrected chi connectivity index (χ1v) is 7.36. The second kappa shape index (κ2) is 6.59. The molecule has 2 unspecified atom stereocenters. The molecule has 20 heavy (non-hydrogen) atoms. The van der Waals surface area contributed by atoms with E-state index in [-0.39, 0.29) is 18.3 Å². The first-order valence-electron chi connectivity index (χ1n) is 7.36. The Morgan fingerprint density at radius 3 is 2.90 bits per heavy atom. The summed E-state index contributed by atoms with van der Waals surface area (Å²) in [6.45, 7) is 2.58. The first kappa shape index (κ1) is 15.3. The second-order valence-corrected chi connectivity index (χ2v) is 5.83. The van der Waals surface area contributed by atoms with Gasteiger partial charge in [-0.1, -0.05) is 24.3 Å². The van der Waals surface area contributed by atoms with Gasteiger partial charge in [0.25, 0.3) is 0 Å². The van der Waals surface area contributed by atoms with E-state index in [4.69, 9.17) is 5.73 Å². The third kappa shape index (κ3) is 2.84. The van der Waals surface area contributed by atoms with E-state index in [0.29, 0.717) is 11.8 Å². The largest absolute Gasteiger partial charge is 0.342 e. The van der Waals surface area contributed by atoms with E-state index >= 15 is 0 Å². The van der Waals surface area contributed by atoms with E-state index in [0.717, 1.165) is 38.9 Å². The molecule has 0 saturated carbocycles. The average molecular weight is 295 g/mol. The van der Waals surface area contributed by atoms with Gasteiger partial charge in [-0.25, -0.2) is 0 Å². The molecule has 1 fully saturated rings. The fourth-order valence-electron chi connectivity index (χ4n) is 3.44. The number of hydrogen-bond donors (Lipinski definition) is 1. The molecule has 3 nitrogen and oxygen atoms in total. The van der Waals surface area contributed by atoms with Crippen molar-refractivity contribution >= 4 is 18.3 Å². The third-order valence-electron chi connectivity index (χ3n) is 4.56. The maximum absolute atomic E-state index is 12.6. The van der Waals surface area contributed by atoms with Crippen molar-refractivity contribution in [3.63, 3.8) is 0 Å². The number of rotatable bonds is 3. The van der Waals surface area contributed by atoms with Gasteiger partial charge in [0.15, 0.2) is 0 Å². The SMILES string of the molecule is Cl.NCCC1CCCN(C(=O)C2Cc3ccccc32)C1. The number of nitrogens with zero attached hydrogens (tertiary/aromatic N) is 1. The van der Waals surface area contributed by atoms with Crippen molar-refractivity contribution < 1.29 is 4.79 Å². The molecule has 0 spiro atoms. The number of halogens is 1. The zero-order valence-electron chi connectivity index (χ0n) is 11.8. The number of likely N-dealkylation sites (tertiary alicyclic amines) is 1. The smallest absolute Gasteiger partial charge is 0.230 e. The van der Waals surface area contributed by atoms with Crippen molar-refractivity contribution in [1.82, 2.24) is 4.90 Å². The van der Waals surface area contributed by atoms with Crippen LogP contribution in [0.25, 0.3) is 0 Å². The van der Waals surface area contributed by atoms with Gasteiger partial charge in [-0.05, 0) is 49.3 Å². The molecule has 2 atom stereocenters. The average Bonchev–Trinajstić information content (AvgIpc) is 2.41. The highest BCUT2D eigenvalue weighted by molar-refractivity contribution is 5.87. The Kier molecular flexibility index (Phi) is 5.06. The number of carbonyl (C=O) groups excluding carboxylic acids is 1. The highest BCUT2D eigenvalue weighted by Crippen LogP contribution is 2.37. The molecule has 0 aromatic heterocycles. The molecule has 0 bridgehead atoms. The summed E-state index contributed by atoms with van der Waals surface area (Å²) in [5, 5.41) is 0. The third-order valence-corrected chi connectivity index (χ3v) is 4.56. The Labute approximate surface area is 126 Å². The zero-order valence-corrected chi connectivity index (χ0v) is 12.6. The summed E-state index contributed by atoms with van der Waals surface area (Å²) >= 11 is 0. The Hall–Kier alpha value is -1.06. The molecule has 1 aliphatic carbocycles. The van der Waals surface area contributed by atoms with Crippen LogP contribution in [0.15, 0.2) is 24.3 Å². The molecule has 1 heterocycles. The molecule has 1 amide bonds. The standard InChI is InChI=1S/C16H22N2O.ClH/c17-8-7-12-4-3-9-18(11-12)16(19)15-10-13-5-1-2-6-14(13)15;/h1-2,5-6,12,15H,3-4,7-11,17H2;1H. The molecular weight excluding hydrogens is 272 g/mol. The summed E-state index contributed by atoms with van der Waals surface area (Å²) in [5.41, 5.74) is 8.23. The normalized spacial score (nSPS) is 24.4. The maximum Gasteiger partial charge on any atom is 0.230 e. The minimum Gasteiger partial charge on any atom is -0.342 e. The van der Waals surface area contributed by atoms with Crippen LogP contribution in [0.4, 0.5) is 0 Å². The lowest BCUT2D eigenvalue weighted by atomic mass is 9.76. The van der Waals surface area contributed by atoms with Gasteiger partial charge in [-0.2, -0.15) is 0 Å². The first-order chi connectivity index (χ1) is 9.29. The molecule has 1 aliphatic heterocycles. The Bertz CT molecular complexity index is 475. The summed E-state index contributed by atoms with van der Waals surface area (Å²) in [5.74, 6) is 1.06. The van der Waals surface area contributed by atoms with Crippen molar-refractivity contribution in [3.8, 4) is 0 Å². The highest BCUT2D eigenvalue weighted by Gasteiger charge is 2.36. The summed E-state index contributed by atoms with van der Waals surface area (Å²) in [4.78, 5) is 14.7. The molecule has 3 rings (SSSR count). The number of hydrogen-bond acceptors (Lipinski definition) is 2. The van der Waals surface area contributed by atoms with Crippen molar-refractivity contribution in [2.75, 3.05) is 19.6 Å². The fraction of sp³-hybridized carbons (Fsp3) is 0.562. The number of nitrogens with two attached hydrogens (primary N) is 1. The van der Waals surface area contributed by atoms with Crippen LogP contribution in [0.2, 0.25) is 0 Å². The van der Waals surface area contributed by atoms with Gasteiger partial charge in [-0.15, -0.1) is 12.4 Å². The highest BCUT2D eigenvalue weighted by atomic mass is 35.5. The van der Waals surface area contributed by atoms with E-state index < -0.39 is 0 Å². The number of benzene rings is 1. The van der Waals surface area contributed by atoms with Gasteiger partial charge in [0.05, 0.1) is 5.92 Å². The summed E-state index contributed by atoms with van der Waals surface area (Å²) in [6.07, 6.45) is 4.32. The molecule has 2 aliphatic rings. The molecule has 4 heteroatoms. The van der Waals surface area contributed by atoms with E-state index in [9.17, 15) is 4.79 Å². The predicted octanol–water partition coefficient (Wildman–Crippen LogP) is 2.34. The van der Waals surface area contributed by atoms with Crippen molar-refractivity contribution in [3.05, 3.63) is 35.4 Å². The van der Waals surface area contributed by atoms with Gasteiger partial charge < -0.3 is 10.6 Å². The summed E-state index contributed by atoms with van der Waals surface area (Å²) in [7, 11) is 0. The number of fused-ring (bicyclic) bond motifs is 1. The lowest BCUT2D eigenvalue weighted by molar-refractivity contribution is -0.135. The van der Waals surface area contributed by atoms with Crippen molar-refractivity contribution in [2.24, 2.45) is 11.7 Å². The quantitative estimate of drug-likeness (QED) is 0.930. The van der Waals surface area contributed by atoms with Gasteiger partial charge in [0.1, 0.15) is 0 Å². The lowest BCUT2D eigenvalue weighted by Gasteiger charge is -2.38. The number of amides is 1. The summed E-state index contributed by atoms with van der Waals surface area (Å²) in [6, 6.07) is 8.32. The maximum atomic E-state index is 12.6. The van der Waals surface area contributed by atoms with Gasteiger partial charge in [0.2, 0.25) is 5.91 Å². The van der Waals surface area contributed by atoms with Crippen LogP contribution in [0, 0.1) is 5.92 Å². The van der Waals surface area contributed by atoms with Crippen LogP contribution < -0.4 is 5.73 Å². The van der Waals surface area contributed by atoms with E-state index in [1.165, 1.54) is 17.5 Å².